The van der Waals surface area contributed by atoms with Crippen LogP contribution >= 0.6 is 0 Å². The van der Waals surface area contributed by atoms with Crippen molar-refractivity contribution >= 4 is 5.91 Å². The Hall–Kier alpha value is -3.19. The van der Waals surface area contributed by atoms with Gasteiger partial charge in [0, 0.05) is 11.8 Å². The summed E-state index contributed by atoms with van der Waals surface area (Å²) < 4.78 is 5.27. The minimum atomic E-state index is -0.322. The number of carbonyl (C=O) groups excluding carboxylic acids is 1. The summed E-state index contributed by atoms with van der Waals surface area (Å²) in [5, 5.41) is 19.8. The number of methoxy groups -OCH3 is 1. The van der Waals surface area contributed by atoms with Crippen molar-refractivity contribution < 1.29 is 14.6 Å². The zero-order valence-electron chi connectivity index (χ0n) is 15.5. The number of amides is 1. The maximum absolute atomic E-state index is 13.1. The number of aromatic amines is 1. The van der Waals surface area contributed by atoms with Crippen molar-refractivity contribution in [2.24, 2.45) is 5.92 Å². The quantitative estimate of drug-likeness (QED) is 0.612. The third-order valence-electron chi connectivity index (χ3n) is 5.18. The van der Waals surface area contributed by atoms with Crippen molar-refractivity contribution in [1.82, 2.24) is 20.5 Å². The number of aromatic nitrogens is 3. The maximum atomic E-state index is 13.1. The van der Waals surface area contributed by atoms with E-state index in [-0.39, 0.29) is 24.0 Å². The molecule has 1 amide bonds. The summed E-state index contributed by atoms with van der Waals surface area (Å²) in [5.41, 5.74) is 2.90. The molecule has 0 radical (unpaired) electrons. The van der Waals surface area contributed by atoms with Gasteiger partial charge in [-0.1, -0.05) is 30.3 Å². The average Bonchev–Trinajstić information content (AvgIpc) is 3.20. The molecule has 7 heteroatoms. The molecule has 0 aliphatic heterocycles. The molecule has 3 aromatic rings. The number of H-pyrrole nitrogens is 1. The number of ether oxygens (including phenoxy) is 1. The summed E-state index contributed by atoms with van der Waals surface area (Å²) >= 11 is 0. The molecule has 7 nitrogen and oxygen atoms in total. The highest BCUT2D eigenvalue weighted by atomic mass is 16.5. The molecule has 0 bridgehead atoms. The molecule has 1 fully saturated rings. The van der Waals surface area contributed by atoms with Crippen molar-refractivity contribution in [2.75, 3.05) is 7.11 Å². The predicted octanol–water partition coefficient (Wildman–Crippen LogP) is 2.72. The summed E-state index contributed by atoms with van der Waals surface area (Å²) in [4.78, 5) is 17.3. The average molecular weight is 378 g/mol. The Morgan fingerprint density at radius 2 is 2.04 bits per heavy atom. The standard InChI is InChI=1S/C21H22N4O3/c1-28-17-9-15(10-22-11-17)19(14-7-16(26)8-14)24-21(27)18-12-23-25-20(18)13-5-3-2-4-6-13/h2-6,9-12,14,16,19,26H,7-8H2,1H3,(H,23,25)(H,24,27). The smallest absolute Gasteiger partial charge is 0.255 e. The lowest BCUT2D eigenvalue weighted by Crippen LogP contribution is -2.41. The second-order valence-corrected chi connectivity index (χ2v) is 7.02. The zero-order chi connectivity index (χ0) is 19.5. The van der Waals surface area contributed by atoms with Gasteiger partial charge in [0.25, 0.3) is 5.91 Å². The van der Waals surface area contributed by atoms with Gasteiger partial charge in [0.2, 0.25) is 0 Å². The van der Waals surface area contributed by atoms with E-state index >= 15 is 0 Å². The van der Waals surface area contributed by atoms with Crippen LogP contribution in [-0.2, 0) is 0 Å². The number of aliphatic hydroxyl groups excluding tert-OH is 1. The summed E-state index contributed by atoms with van der Waals surface area (Å²) in [7, 11) is 1.58. The van der Waals surface area contributed by atoms with Gasteiger partial charge in [-0.15, -0.1) is 0 Å². The molecule has 1 unspecified atom stereocenters. The van der Waals surface area contributed by atoms with Crippen molar-refractivity contribution in [3.8, 4) is 17.0 Å². The number of nitrogens with one attached hydrogen (secondary N) is 2. The van der Waals surface area contributed by atoms with E-state index < -0.39 is 0 Å². The zero-order valence-corrected chi connectivity index (χ0v) is 15.5. The minimum Gasteiger partial charge on any atom is -0.495 e. The van der Waals surface area contributed by atoms with Gasteiger partial charge in [0.1, 0.15) is 5.75 Å². The van der Waals surface area contributed by atoms with Gasteiger partial charge in [0.05, 0.1) is 42.9 Å². The highest BCUT2D eigenvalue weighted by Gasteiger charge is 2.36. The number of pyridine rings is 1. The second-order valence-electron chi connectivity index (χ2n) is 7.02. The molecule has 28 heavy (non-hydrogen) atoms. The first-order valence-corrected chi connectivity index (χ1v) is 9.22. The number of rotatable bonds is 6. The van der Waals surface area contributed by atoms with Gasteiger partial charge in [-0.05, 0) is 30.4 Å². The maximum Gasteiger partial charge on any atom is 0.255 e. The van der Waals surface area contributed by atoms with Crippen molar-refractivity contribution in [2.45, 2.75) is 25.0 Å². The monoisotopic (exact) mass is 378 g/mol. The van der Waals surface area contributed by atoms with E-state index in [4.69, 9.17) is 4.74 Å². The van der Waals surface area contributed by atoms with Gasteiger partial charge < -0.3 is 15.2 Å². The molecule has 1 aromatic carbocycles. The third-order valence-corrected chi connectivity index (χ3v) is 5.18. The molecule has 1 aliphatic rings. The fourth-order valence-electron chi connectivity index (χ4n) is 3.59. The Labute approximate surface area is 162 Å². The Kier molecular flexibility index (Phi) is 5.08. The van der Waals surface area contributed by atoms with E-state index in [9.17, 15) is 9.90 Å². The predicted molar refractivity (Wildman–Crippen MR) is 104 cm³/mol. The van der Waals surface area contributed by atoms with Crippen LogP contribution in [0.1, 0.15) is 34.8 Å². The molecule has 2 heterocycles. The molecule has 1 aliphatic carbocycles. The van der Waals surface area contributed by atoms with E-state index in [0.29, 0.717) is 29.8 Å². The molecule has 144 valence electrons. The SMILES string of the molecule is COc1cncc(C(NC(=O)c2cn[nH]c2-c2ccccc2)C2CC(O)C2)c1. The first-order valence-electron chi connectivity index (χ1n) is 9.22. The lowest BCUT2D eigenvalue weighted by atomic mass is 9.75. The fourth-order valence-corrected chi connectivity index (χ4v) is 3.59. The first-order chi connectivity index (χ1) is 13.7. The van der Waals surface area contributed by atoms with Crippen molar-refractivity contribution in [3.05, 3.63) is 66.1 Å². The molecule has 3 N–H and O–H groups in total. The van der Waals surface area contributed by atoms with Gasteiger partial charge in [-0.25, -0.2) is 0 Å². The molecule has 0 spiro atoms. The lowest BCUT2D eigenvalue weighted by molar-refractivity contribution is 0.0234. The Morgan fingerprint density at radius 3 is 2.75 bits per heavy atom. The van der Waals surface area contributed by atoms with Crippen LogP contribution in [0.3, 0.4) is 0 Å². The Balaban J connectivity index is 1.61. The van der Waals surface area contributed by atoms with Crippen LogP contribution in [0, 0.1) is 5.92 Å². The normalized spacial score (nSPS) is 19.5. The van der Waals surface area contributed by atoms with Crippen LogP contribution in [0.4, 0.5) is 0 Å². The summed E-state index contributed by atoms with van der Waals surface area (Å²) in [5.74, 6) is 0.548. The van der Waals surface area contributed by atoms with Crippen LogP contribution in [0.25, 0.3) is 11.3 Å². The first kappa shape index (κ1) is 18.2. The topological polar surface area (TPSA) is 100 Å². The summed E-state index contributed by atoms with van der Waals surface area (Å²) in [6.07, 6.45) is 5.84. The van der Waals surface area contributed by atoms with Crippen molar-refractivity contribution in [3.63, 3.8) is 0 Å². The summed E-state index contributed by atoms with van der Waals surface area (Å²) in [6, 6.07) is 11.2. The van der Waals surface area contributed by atoms with Gasteiger partial charge in [0.15, 0.2) is 0 Å². The number of carbonyl (C=O) groups is 1. The highest BCUT2D eigenvalue weighted by Crippen LogP contribution is 2.39. The van der Waals surface area contributed by atoms with Crippen LogP contribution in [-0.4, -0.2) is 39.4 Å². The second kappa shape index (κ2) is 7.82. The number of benzene rings is 1. The minimum absolute atomic E-state index is 0.139. The van der Waals surface area contributed by atoms with Crippen LogP contribution in [0.5, 0.6) is 5.75 Å². The van der Waals surface area contributed by atoms with Gasteiger partial charge in [-0.2, -0.15) is 5.10 Å². The van der Waals surface area contributed by atoms with E-state index in [1.165, 1.54) is 6.20 Å². The molecular weight excluding hydrogens is 356 g/mol. The van der Waals surface area contributed by atoms with Gasteiger partial charge in [-0.3, -0.25) is 14.9 Å². The van der Waals surface area contributed by atoms with Crippen LogP contribution in [0.15, 0.2) is 55.0 Å². The number of hydrogen-bond acceptors (Lipinski definition) is 5. The van der Waals surface area contributed by atoms with E-state index in [2.05, 4.69) is 20.5 Å². The number of hydrogen-bond donors (Lipinski definition) is 3. The van der Waals surface area contributed by atoms with Crippen LogP contribution < -0.4 is 10.1 Å². The number of aliphatic hydroxyl groups is 1. The van der Waals surface area contributed by atoms with Crippen LogP contribution in [0.2, 0.25) is 0 Å². The Bertz CT molecular complexity index is 951. The van der Waals surface area contributed by atoms with Gasteiger partial charge >= 0.3 is 0 Å². The highest BCUT2D eigenvalue weighted by molar-refractivity contribution is 6.00. The summed E-state index contributed by atoms with van der Waals surface area (Å²) in [6.45, 7) is 0. The third kappa shape index (κ3) is 3.61. The molecule has 1 saturated carbocycles. The largest absolute Gasteiger partial charge is 0.495 e. The van der Waals surface area contributed by atoms with Crippen molar-refractivity contribution in [1.29, 1.82) is 0 Å². The van der Waals surface area contributed by atoms with E-state index in [0.717, 1.165) is 11.1 Å². The van der Waals surface area contributed by atoms with E-state index in [1.54, 1.807) is 19.5 Å². The lowest BCUT2D eigenvalue weighted by Gasteiger charge is -2.38. The molecular formula is C21H22N4O3. The molecule has 0 saturated heterocycles. The number of nitrogens with zero attached hydrogens (tertiary/aromatic N) is 2. The molecule has 1 atom stereocenters. The molecule has 4 rings (SSSR count). The molecule has 2 aromatic heterocycles. The fraction of sp³-hybridized carbons (Fsp3) is 0.286. The van der Waals surface area contributed by atoms with E-state index in [1.807, 2.05) is 36.4 Å². The Morgan fingerprint density at radius 1 is 1.25 bits per heavy atom.